The molecule has 0 aliphatic carbocycles. The summed E-state index contributed by atoms with van der Waals surface area (Å²) in [5.41, 5.74) is 6.04. The number of carboxylic acid groups (broad SMARTS) is 1. The fourth-order valence-corrected chi connectivity index (χ4v) is 15.8. The lowest BCUT2D eigenvalue weighted by Crippen LogP contribution is -2.72. The van der Waals surface area contributed by atoms with Crippen LogP contribution in [0, 0.1) is 0 Å². The Kier molecular flexibility index (Phi) is 46.3. The van der Waals surface area contributed by atoms with Crippen LogP contribution in [0.1, 0.15) is 214 Å². The number of aliphatic carboxylic acids is 1. The maximum absolute atomic E-state index is 13.6. The largest absolute Gasteiger partial charge is 0.477 e. The monoisotopic (exact) mass is 1730 g/mol. The van der Waals surface area contributed by atoms with E-state index in [1.165, 1.54) is 116 Å². The Morgan fingerprint density at radius 2 is 0.992 bits per heavy atom. The van der Waals surface area contributed by atoms with Crippen LogP contribution in [0.2, 0.25) is 0 Å². The van der Waals surface area contributed by atoms with Crippen LogP contribution in [0.15, 0.2) is 12.2 Å². The first-order valence-electron chi connectivity index (χ1n) is 42.2. The van der Waals surface area contributed by atoms with Crippen molar-refractivity contribution < 1.29 is 180 Å². The fraction of sp³-hybridized carbons (Fsp3) is 0.935. The number of amides is 2. The molecule has 6 saturated heterocycles. The zero-order chi connectivity index (χ0) is 87.0. The van der Waals surface area contributed by atoms with E-state index in [0.29, 0.717) is 12.8 Å². The Bertz CT molecular complexity index is 2960. The van der Waals surface area contributed by atoms with Gasteiger partial charge >= 0.3 is 16.4 Å². The summed E-state index contributed by atoms with van der Waals surface area (Å²) in [7, 11) is -5.60. The van der Waals surface area contributed by atoms with Crippen molar-refractivity contribution >= 4 is 28.2 Å². The second-order valence-corrected chi connectivity index (χ2v) is 33.0. The van der Waals surface area contributed by atoms with Gasteiger partial charge in [-0.15, -0.1) is 0 Å². The third kappa shape index (κ3) is 31.1. The first-order chi connectivity index (χ1) is 56.2. The van der Waals surface area contributed by atoms with Gasteiger partial charge < -0.3 is 165 Å². The van der Waals surface area contributed by atoms with E-state index in [1.54, 1.807) is 0 Å². The number of carboxylic acids is 1. The molecule has 41 heteroatoms. The molecule has 0 aromatic heterocycles. The molecule has 6 aliphatic heterocycles. The number of ether oxygens (including phenoxy) is 12. The highest BCUT2D eigenvalue weighted by molar-refractivity contribution is 7.80. The summed E-state index contributed by atoms with van der Waals surface area (Å²) >= 11 is 0. The van der Waals surface area contributed by atoms with Crippen LogP contribution in [0.4, 0.5) is 0 Å². The zero-order valence-corrected chi connectivity index (χ0v) is 69.0. The maximum Gasteiger partial charge on any atom is 0.397 e. The molecule has 23 N–H and O–H groups in total. The molecular formula is C77H139N3O37S. The average molecular weight is 1730 g/mol. The van der Waals surface area contributed by atoms with Gasteiger partial charge in [-0.2, -0.15) is 8.42 Å². The molecule has 0 aromatic rings. The Morgan fingerprint density at radius 3 is 1.50 bits per heavy atom. The average Bonchev–Trinajstić information content (AvgIpc) is 0.755. The smallest absolute Gasteiger partial charge is 0.397 e. The third-order valence-corrected chi connectivity index (χ3v) is 23.0. The Morgan fingerprint density at radius 1 is 0.534 bits per heavy atom. The fourth-order valence-electron chi connectivity index (χ4n) is 15.5. The molecule has 118 heavy (non-hydrogen) atoms. The number of hydrogen-bond donors (Lipinski definition) is 22. The lowest BCUT2D eigenvalue weighted by Gasteiger charge is -2.52. The number of rotatable bonds is 55. The molecule has 690 valence electrons. The number of carbonyl (C=O) groups is 3. The van der Waals surface area contributed by atoms with E-state index >= 15 is 0 Å². The quantitative estimate of drug-likeness (QED) is 0.0169. The summed E-state index contributed by atoms with van der Waals surface area (Å²) in [4.78, 5) is 40.4. The minimum atomic E-state index is -5.60. The topological polar surface area (TPSA) is 640 Å². The van der Waals surface area contributed by atoms with E-state index in [2.05, 4.69) is 24.5 Å². The normalized spacial score (nSPS) is 36.6. The van der Waals surface area contributed by atoms with Gasteiger partial charge in [-0.25, -0.2) is 8.98 Å². The molecule has 0 bridgehead atoms. The van der Waals surface area contributed by atoms with E-state index in [9.17, 15) is 119 Å². The molecule has 6 aliphatic rings. The van der Waals surface area contributed by atoms with Crippen LogP contribution in [0.3, 0.4) is 0 Å². The molecule has 6 heterocycles. The van der Waals surface area contributed by atoms with Crippen LogP contribution in [-0.2, 0) is 85.8 Å². The number of unbranched alkanes of at least 4 members (excludes halogenated alkanes) is 25. The molecule has 0 saturated carbocycles. The van der Waals surface area contributed by atoms with Gasteiger partial charge in [0.25, 0.3) is 5.79 Å². The predicted molar refractivity (Wildman–Crippen MR) is 410 cm³/mol. The van der Waals surface area contributed by atoms with Crippen molar-refractivity contribution in [3.63, 3.8) is 0 Å². The van der Waals surface area contributed by atoms with E-state index in [0.717, 1.165) is 64.7 Å². The summed E-state index contributed by atoms with van der Waals surface area (Å²) in [5, 5.41) is 207. The third-order valence-electron chi connectivity index (χ3n) is 22.5. The summed E-state index contributed by atoms with van der Waals surface area (Å²) < 4.78 is 111. The van der Waals surface area contributed by atoms with Gasteiger partial charge in [-0.1, -0.05) is 180 Å². The first-order valence-corrected chi connectivity index (χ1v) is 43.6. The van der Waals surface area contributed by atoms with Crippen LogP contribution in [0.5, 0.6) is 0 Å². The van der Waals surface area contributed by atoms with Crippen molar-refractivity contribution in [3.05, 3.63) is 12.2 Å². The second kappa shape index (κ2) is 52.7. The van der Waals surface area contributed by atoms with Gasteiger partial charge in [0.15, 0.2) is 31.5 Å². The van der Waals surface area contributed by atoms with Crippen molar-refractivity contribution in [1.82, 2.24) is 10.6 Å². The van der Waals surface area contributed by atoms with Crippen molar-refractivity contribution in [2.75, 3.05) is 39.6 Å². The molecule has 0 radical (unpaired) electrons. The van der Waals surface area contributed by atoms with Gasteiger partial charge in [0.2, 0.25) is 11.8 Å². The molecule has 0 spiro atoms. The highest BCUT2D eigenvalue weighted by atomic mass is 32.3. The van der Waals surface area contributed by atoms with Gasteiger partial charge in [0.05, 0.1) is 70.0 Å². The van der Waals surface area contributed by atoms with E-state index in [4.69, 9.17) is 66.8 Å². The van der Waals surface area contributed by atoms with Crippen LogP contribution in [-0.4, -0.2) is 364 Å². The van der Waals surface area contributed by atoms with E-state index < -0.39 is 270 Å². The van der Waals surface area contributed by atoms with Gasteiger partial charge in [-0.05, 0) is 26.2 Å². The molecule has 0 aromatic carbocycles. The maximum atomic E-state index is 13.6. The molecule has 4 unspecified atom stereocenters. The number of nitrogens with one attached hydrogen (secondary N) is 2. The Labute approximate surface area is 689 Å². The highest BCUT2D eigenvalue weighted by Crippen LogP contribution is 2.41. The number of carbonyl (C=O) groups excluding carboxylic acids is 2. The summed E-state index contributed by atoms with van der Waals surface area (Å²) in [6.45, 7) is -0.0708. The molecule has 2 amide bonds. The van der Waals surface area contributed by atoms with Gasteiger partial charge in [0.1, 0.15) is 134 Å². The predicted octanol–water partition coefficient (Wildman–Crippen LogP) is -2.54. The number of nitrogens with two attached hydrogens (primary N) is 1. The summed E-state index contributed by atoms with van der Waals surface area (Å²) in [5.74, 6) is -6.85. The van der Waals surface area contributed by atoms with Crippen LogP contribution in [0.25, 0.3) is 0 Å². The van der Waals surface area contributed by atoms with Gasteiger partial charge in [0, 0.05) is 19.8 Å². The minimum absolute atomic E-state index is 0.131. The molecule has 40 nitrogen and oxygen atoms in total. The van der Waals surface area contributed by atoms with Crippen LogP contribution < -0.4 is 16.4 Å². The molecule has 6 rings (SSSR count). The highest BCUT2D eigenvalue weighted by Gasteiger charge is 2.62. The SMILES string of the molecule is CCCCCCCCCCCCC/C=C\[C@H](O)[C@@H](CO[C@H]1O[C@H](CO)[C@H](OC2O[C@H](CO)C(O)[C@H](O[C@H]3O[C@H](COS(=O)(=O)O)[C@@H](O[C@H]4O[C@@H](CO)[C@@H](O)C(O[C@]5(C(=O)O)C[C@H](O)[C@@H](N)[C@@H](C(O)[C@@H](O)CO)O5)[C@H]4O)[C@@H](O[C@H]4O[C@H](C)[C@H](O)[C@@H](O)[C@@H]4O)[C@H]3NC(C)=O)[C@@H]2O)[C@@H](O)[C@@H]1O)NC(=O)CCCCCCCCCCCCCCCCC. The number of aliphatic hydroxyl groups excluding tert-OH is 17. The van der Waals surface area contributed by atoms with Crippen molar-refractivity contribution in [1.29, 1.82) is 0 Å². The Balaban J connectivity index is 1.23. The van der Waals surface area contributed by atoms with E-state index in [1.807, 2.05) is 6.08 Å². The van der Waals surface area contributed by atoms with E-state index in [-0.39, 0.29) is 12.3 Å². The standard InChI is InChI=1S/C77H139N3O37S/c1-5-7-9-11-13-15-17-19-20-22-24-26-28-30-32-34-52(89)80-44(45(86)33-31-29-27-25-23-21-18-16-14-12-10-8-6-2)40-105-72-62(97)60(95)65(50(39-84)110-72)112-74-63(98)69(57(92)48(37-82)108-74)115-71-54(79-43(4)85)68(114-73-61(96)59(94)55(90)42(3)107-73)66(51(111-71)41-106-118(102,103)104)113-75-64(99)70(58(93)49(38-83)109-75)117-77(76(100)101)35-46(87)53(78)67(116-77)56(91)47(88)36-81/h31,33,42,44-51,53-75,81-84,86-88,90-99H,5-30,32,34-41,78H2,1-4H3,(H,79,85)(H,80,89)(H,100,101)(H,102,103,104)/b33-31-/t42-,44-,45+,46+,47+,48-,49+,50-,51-,53-,54-,55+,56?,57?,58-,59-,60+,61+,62+,63+,64-,65+,66-,67+,68+,69+,70?,71-,72+,73-,74?,75-,77+/m1/s1. The van der Waals surface area contributed by atoms with Crippen LogP contribution >= 0.6 is 0 Å². The number of aliphatic hydroxyl groups is 17. The number of hydrogen-bond acceptors (Lipinski definition) is 36. The van der Waals surface area contributed by atoms with Crippen molar-refractivity contribution in [2.45, 2.75) is 416 Å². The molecular weight excluding hydrogens is 1590 g/mol. The first kappa shape index (κ1) is 104. The van der Waals surface area contributed by atoms with Gasteiger partial charge in [-0.3, -0.25) is 14.1 Å². The lowest BCUT2D eigenvalue weighted by atomic mass is 9.88. The molecule has 6 fully saturated rings. The summed E-state index contributed by atoms with van der Waals surface area (Å²) in [6, 6.07) is -4.98. The minimum Gasteiger partial charge on any atom is -0.477 e. The van der Waals surface area contributed by atoms with Crippen molar-refractivity contribution in [2.24, 2.45) is 5.73 Å². The Hall–Kier alpha value is -3.18. The summed E-state index contributed by atoms with van der Waals surface area (Å²) in [6.07, 6.45) is -29.1. The zero-order valence-electron chi connectivity index (χ0n) is 68.2. The lowest BCUT2D eigenvalue weighted by molar-refractivity contribution is -0.399. The number of allylic oxidation sites excluding steroid dienone is 1. The van der Waals surface area contributed by atoms with Crippen molar-refractivity contribution in [3.8, 4) is 0 Å². The second-order valence-electron chi connectivity index (χ2n) is 31.9. The molecule has 33 atom stereocenters.